The van der Waals surface area contributed by atoms with Crippen LogP contribution in [0.5, 0.6) is 0 Å². The summed E-state index contributed by atoms with van der Waals surface area (Å²) in [7, 11) is 0. The number of fused-ring (bicyclic) bond motifs is 2. The van der Waals surface area contributed by atoms with E-state index in [9.17, 15) is 4.79 Å². The number of aryl methyl sites for hydroxylation is 1. The largest absolute Gasteiger partial charge is 0.278 e. The lowest BCUT2D eigenvalue weighted by atomic mass is 10.2. The lowest BCUT2D eigenvalue weighted by molar-refractivity contribution is -0.115. The van der Waals surface area contributed by atoms with Gasteiger partial charge in [0.05, 0.1) is 22.8 Å². The predicted octanol–water partition coefficient (Wildman–Crippen LogP) is 4.89. The molecule has 0 unspecified atom stereocenters. The number of hydrogen-bond acceptors (Lipinski definition) is 6. The highest BCUT2D eigenvalue weighted by Crippen LogP contribution is 2.48. The van der Waals surface area contributed by atoms with Crippen LogP contribution in [0.3, 0.4) is 0 Å². The molecule has 4 aromatic rings. The van der Waals surface area contributed by atoms with Crippen molar-refractivity contribution >= 4 is 40.8 Å². The Bertz CT molecular complexity index is 1190. The first-order valence-corrected chi connectivity index (χ1v) is 11.2. The van der Waals surface area contributed by atoms with Gasteiger partial charge in [-0.25, -0.2) is 0 Å². The Balaban J connectivity index is 1.43. The molecule has 1 amide bonds. The molecule has 1 aromatic heterocycles. The van der Waals surface area contributed by atoms with Gasteiger partial charge in [0.1, 0.15) is 0 Å². The highest BCUT2D eigenvalue weighted by atomic mass is 32.2. The number of carbonyl (C=O) groups is 1. The van der Waals surface area contributed by atoms with Crippen molar-refractivity contribution < 1.29 is 4.79 Å². The molecule has 0 N–H and O–H groups in total. The number of aromatic nitrogens is 4. The predicted molar refractivity (Wildman–Crippen MR) is 119 cm³/mol. The van der Waals surface area contributed by atoms with Gasteiger partial charge >= 0.3 is 0 Å². The van der Waals surface area contributed by atoms with Crippen LogP contribution in [0.1, 0.15) is 5.56 Å². The molecular weight excluding hydrogens is 414 g/mol. The summed E-state index contributed by atoms with van der Waals surface area (Å²) in [6.07, 6.45) is 0. The first-order valence-electron chi connectivity index (χ1n) is 9.38. The molecule has 30 heavy (non-hydrogen) atoms. The Morgan fingerprint density at radius 2 is 1.50 bits per heavy atom. The summed E-state index contributed by atoms with van der Waals surface area (Å²) < 4.78 is 1.68. The number of benzene rings is 3. The van der Waals surface area contributed by atoms with Crippen LogP contribution in [0.2, 0.25) is 0 Å². The van der Waals surface area contributed by atoms with Gasteiger partial charge in [-0.1, -0.05) is 66.0 Å². The summed E-state index contributed by atoms with van der Waals surface area (Å²) in [5.41, 5.74) is 3.78. The van der Waals surface area contributed by atoms with Gasteiger partial charge in [-0.05, 0) is 53.2 Å². The Morgan fingerprint density at radius 3 is 2.17 bits per heavy atom. The molecule has 6 nitrogen and oxygen atoms in total. The average molecular weight is 432 g/mol. The van der Waals surface area contributed by atoms with Crippen molar-refractivity contribution in [3.63, 3.8) is 0 Å². The summed E-state index contributed by atoms with van der Waals surface area (Å²) in [6.45, 7) is 2.01. The number of carbonyl (C=O) groups excluding carboxylic acids is 1. The van der Waals surface area contributed by atoms with Crippen molar-refractivity contribution in [1.29, 1.82) is 0 Å². The molecule has 1 aliphatic heterocycles. The SMILES string of the molecule is Cc1ccccc1-n1nnnc1SCC(=O)N1c2ccccc2Sc2ccccc21. The van der Waals surface area contributed by atoms with E-state index >= 15 is 0 Å². The molecule has 0 fully saturated rings. The number of para-hydroxylation sites is 3. The Hall–Kier alpha value is -3.10. The number of hydrogen-bond donors (Lipinski definition) is 0. The highest BCUT2D eigenvalue weighted by Gasteiger charge is 2.28. The zero-order valence-corrected chi connectivity index (χ0v) is 17.7. The van der Waals surface area contributed by atoms with Crippen LogP contribution in [-0.4, -0.2) is 31.9 Å². The van der Waals surface area contributed by atoms with E-state index in [1.54, 1.807) is 21.3 Å². The van der Waals surface area contributed by atoms with Crippen molar-refractivity contribution in [3.8, 4) is 5.69 Å². The Kier molecular flexibility index (Phi) is 5.02. The fraction of sp³-hybridized carbons (Fsp3) is 0.0909. The molecule has 0 saturated heterocycles. The smallest absolute Gasteiger partial charge is 0.242 e. The monoisotopic (exact) mass is 431 g/mol. The molecule has 8 heteroatoms. The van der Waals surface area contributed by atoms with E-state index in [2.05, 4.69) is 15.5 Å². The van der Waals surface area contributed by atoms with Gasteiger partial charge in [0, 0.05) is 9.79 Å². The van der Waals surface area contributed by atoms with Crippen molar-refractivity contribution in [2.45, 2.75) is 21.9 Å². The molecule has 0 aliphatic carbocycles. The van der Waals surface area contributed by atoms with E-state index in [0.717, 1.165) is 32.4 Å². The van der Waals surface area contributed by atoms with Crippen LogP contribution in [0.4, 0.5) is 11.4 Å². The fourth-order valence-corrected chi connectivity index (χ4v) is 5.18. The summed E-state index contributed by atoms with van der Waals surface area (Å²) >= 11 is 3.02. The first kappa shape index (κ1) is 18.9. The molecule has 0 bridgehead atoms. The van der Waals surface area contributed by atoms with Gasteiger partial charge in [0.25, 0.3) is 0 Å². The molecule has 2 heterocycles. The van der Waals surface area contributed by atoms with Crippen molar-refractivity contribution in [2.75, 3.05) is 10.7 Å². The lowest BCUT2D eigenvalue weighted by Gasteiger charge is -2.30. The van der Waals surface area contributed by atoms with Crippen LogP contribution in [0, 0.1) is 6.92 Å². The summed E-state index contributed by atoms with van der Waals surface area (Å²) in [4.78, 5) is 17.3. The van der Waals surface area contributed by atoms with Crippen LogP contribution in [0.25, 0.3) is 5.69 Å². The lowest BCUT2D eigenvalue weighted by Crippen LogP contribution is -2.30. The summed E-state index contributed by atoms with van der Waals surface area (Å²) in [5, 5.41) is 12.6. The second kappa shape index (κ2) is 7.97. The van der Waals surface area contributed by atoms with Gasteiger partial charge in [-0.15, -0.1) is 5.10 Å². The zero-order valence-electron chi connectivity index (χ0n) is 16.1. The minimum absolute atomic E-state index is 0.0143. The standard InChI is InChI=1S/C22H17N5OS2/c1-15-8-2-3-9-16(15)27-22(23-24-25-27)29-14-21(28)26-17-10-4-6-12-19(17)30-20-13-7-5-11-18(20)26/h2-13H,14H2,1H3. The normalized spacial score (nSPS) is 12.4. The van der Waals surface area contributed by atoms with Gasteiger partial charge in [-0.2, -0.15) is 4.68 Å². The maximum atomic E-state index is 13.4. The Labute approximate surface area is 182 Å². The van der Waals surface area contributed by atoms with E-state index in [-0.39, 0.29) is 11.7 Å². The average Bonchev–Trinajstić information content (AvgIpc) is 3.24. The molecule has 1 aliphatic rings. The second-order valence-electron chi connectivity index (χ2n) is 6.72. The molecule has 3 aromatic carbocycles. The molecule has 5 rings (SSSR count). The molecule has 0 saturated carbocycles. The number of rotatable bonds is 4. The number of tetrazole rings is 1. The van der Waals surface area contributed by atoms with Crippen molar-refractivity contribution in [1.82, 2.24) is 20.2 Å². The van der Waals surface area contributed by atoms with Gasteiger partial charge < -0.3 is 0 Å². The highest BCUT2D eigenvalue weighted by molar-refractivity contribution is 8.00. The number of thioether (sulfide) groups is 1. The van der Waals surface area contributed by atoms with Crippen LogP contribution >= 0.6 is 23.5 Å². The van der Waals surface area contributed by atoms with Crippen molar-refractivity contribution in [2.24, 2.45) is 0 Å². The van der Waals surface area contributed by atoms with E-state index in [4.69, 9.17) is 0 Å². The van der Waals surface area contributed by atoms with E-state index in [1.807, 2.05) is 79.7 Å². The third-order valence-corrected chi connectivity index (χ3v) is 6.83. The third-order valence-electron chi connectivity index (χ3n) is 4.79. The maximum absolute atomic E-state index is 13.4. The molecule has 148 valence electrons. The van der Waals surface area contributed by atoms with Crippen molar-refractivity contribution in [3.05, 3.63) is 78.4 Å². The third kappa shape index (κ3) is 3.38. The number of nitrogens with zero attached hydrogens (tertiary/aromatic N) is 5. The van der Waals surface area contributed by atoms with Crippen LogP contribution < -0.4 is 4.90 Å². The molecule has 0 radical (unpaired) electrons. The van der Waals surface area contributed by atoms with E-state index in [1.165, 1.54) is 11.8 Å². The fourth-order valence-electron chi connectivity index (χ4n) is 3.39. The van der Waals surface area contributed by atoms with Gasteiger partial charge in [0.2, 0.25) is 11.1 Å². The number of anilines is 2. The molecule has 0 atom stereocenters. The quantitative estimate of drug-likeness (QED) is 0.429. The maximum Gasteiger partial charge on any atom is 0.242 e. The van der Waals surface area contributed by atoms with Gasteiger partial charge in [-0.3, -0.25) is 9.69 Å². The Morgan fingerprint density at radius 1 is 0.900 bits per heavy atom. The zero-order chi connectivity index (χ0) is 20.5. The van der Waals surface area contributed by atoms with E-state index in [0.29, 0.717) is 5.16 Å². The van der Waals surface area contributed by atoms with Crippen LogP contribution in [-0.2, 0) is 4.79 Å². The minimum Gasteiger partial charge on any atom is -0.278 e. The summed E-state index contributed by atoms with van der Waals surface area (Å²) in [6, 6.07) is 23.9. The molecule has 0 spiro atoms. The first-order chi connectivity index (χ1) is 14.7. The number of amides is 1. The topological polar surface area (TPSA) is 63.9 Å². The van der Waals surface area contributed by atoms with Crippen LogP contribution in [0.15, 0.2) is 87.7 Å². The second-order valence-corrected chi connectivity index (χ2v) is 8.74. The minimum atomic E-state index is -0.0143. The molecular formula is C22H17N5OS2. The summed E-state index contributed by atoms with van der Waals surface area (Å²) in [5.74, 6) is 0.207. The van der Waals surface area contributed by atoms with E-state index < -0.39 is 0 Å². The van der Waals surface area contributed by atoms with Gasteiger partial charge in [0.15, 0.2) is 0 Å².